The highest BCUT2D eigenvalue weighted by Gasteiger charge is 2.16. The number of thiophene rings is 1. The molecule has 0 N–H and O–H groups in total. The SMILES string of the molecule is COC(=O)c1ncn(-c2nc(Cl)nc3sc(C)cc23)n1. The lowest BCUT2D eigenvalue weighted by Crippen LogP contribution is -2.06. The van der Waals surface area contributed by atoms with E-state index in [9.17, 15) is 4.79 Å². The van der Waals surface area contributed by atoms with Crippen LogP contribution in [0.4, 0.5) is 0 Å². The standard InChI is InChI=1S/C11H8ClN5O2S/c1-5-3-6-8(14-11(12)15-9(6)20-5)17-4-13-7(16-17)10(18)19-2/h3-4H,1-2H3. The molecule has 0 radical (unpaired) electrons. The second kappa shape index (κ2) is 4.80. The maximum atomic E-state index is 11.4. The smallest absolute Gasteiger partial charge is 0.377 e. The van der Waals surface area contributed by atoms with Gasteiger partial charge < -0.3 is 4.74 Å². The largest absolute Gasteiger partial charge is 0.463 e. The van der Waals surface area contributed by atoms with Crippen molar-refractivity contribution < 1.29 is 9.53 Å². The zero-order chi connectivity index (χ0) is 14.3. The summed E-state index contributed by atoms with van der Waals surface area (Å²) in [5.74, 6) is -0.170. The molecule has 3 aromatic rings. The Morgan fingerprint density at radius 1 is 1.45 bits per heavy atom. The van der Waals surface area contributed by atoms with E-state index in [1.54, 1.807) is 0 Å². The maximum absolute atomic E-state index is 11.4. The first-order valence-corrected chi connectivity index (χ1v) is 6.72. The van der Waals surface area contributed by atoms with Gasteiger partial charge in [-0.3, -0.25) is 0 Å². The lowest BCUT2D eigenvalue weighted by atomic mass is 10.3. The highest BCUT2D eigenvalue weighted by atomic mass is 35.5. The summed E-state index contributed by atoms with van der Waals surface area (Å²) in [5.41, 5.74) is 0. The van der Waals surface area contributed by atoms with Crippen molar-refractivity contribution in [3.63, 3.8) is 0 Å². The number of fused-ring (bicyclic) bond motifs is 1. The number of carbonyl (C=O) groups excluding carboxylic acids is 1. The lowest BCUT2D eigenvalue weighted by molar-refractivity contribution is 0.0587. The molecule has 0 aromatic carbocycles. The van der Waals surface area contributed by atoms with E-state index < -0.39 is 5.97 Å². The molecule has 0 aliphatic heterocycles. The van der Waals surface area contributed by atoms with Gasteiger partial charge in [-0.25, -0.2) is 19.4 Å². The van der Waals surface area contributed by atoms with E-state index in [1.807, 2.05) is 13.0 Å². The van der Waals surface area contributed by atoms with Gasteiger partial charge in [-0.1, -0.05) is 0 Å². The number of ether oxygens (including phenoxy) is 1. The van der Waals surface area contributed by atoms with Crippen molar-refractivity contribution in [3.8, 4) is 5.82 Å². The van der Waals surface area contributed by atoms with Gasteiger partial charge in [-0.15, -0.1) is 16.4 Å². The number of aryl methyl sites for hydroxylation is 1. The van der Waals surface area contributed by atoms with Crippen LogP contribution < -0.4 is 0 Å². The molecule has 0 aliphatic rings. The van der Waals surface area contributed by atoms with E-state index in [1.165, 1.54) is 29.5 Å². The minimum atomic E-state index is -0.610. The highest BCUT2D eigenvalue weighted by molar-refractivity contribution is 7.18. The molecule has 0 unspecified atom stereocenters. The van der Waals surface area contributed by atoms with Gasteiger partial charge in [-0.2, -0.15) is 4.98 Å². The minimum absolute atomic E-state index is 0.0395. The van der Waals surface area contributed by atoms with Gasteiger partial charge in [0.1, 0.15) is 11.2 Å². The zero-order valence-corrected chi connectivity index (χ0v) is 12.1. The minimum Gasteiger partial charge on any atom is -0.463 e. The molecular formula is C11H8ClN5O2S. The number of rotatable bonds is 2. The fraction of sp³-hybridized carbons (Fsp3) is 0.182. The number of nitrogens with zero attached hydrogens (tertiary/aromatic N) is 5. The van der Waals surface area contributed by atoms with E-state index in [0.717, 1.165) is 15.1 Å². The van der Waals surface area contributed by atoms with Crippen LogP contribution in [0.1, 0.15) is 15.5 Å². The topological polar surface area (TPSA) is 82.8 Å². The summed E-state index contributed by atoms with van der Waals surface area (Å²) in [6, 6.07) is 1.94. The van der Waals surface area contributed by atoms with Crippen molar-refractivity contribution in [2.24, 2.45) is 0 Å². The average molecular weight is 310 g/mol. The van der Waals surface area contributed by atoms with E-state index in [-0.39, 0.29) is 11.1 Å². The van der Waals surface area contributed by atoms with Crippen molar-refractivity contribution in [1.29, 1.82) is 0 Å². The van der Waals surface area contributed by atoms with Crippen molar-refractivity contribution in [1.82, 2.24) is 24.7 Å². The van der Waals surface area contributed by atoms with Crippen molar-refractivity contribution >= 4 is 39.1 Å². The molecule has 7 nitrogen and oxygen atoms in total. The van der Waals surface area contributed by atoms with E-state index >= 15 is 0 Å². The third-order valence-corrected chi connectivity index (χ3v) is 3.66. The molecule has 0 saturated carbocycles. The van der Waals surface area contributed by atoms with Crippen LogP contribution in [0.25, 0.3) is 16.0 Å². The monoisotopic (exact) mass is 309 g/mol. The Balaban J connectivity index is 2.18. The quantitative estimate of drug-likeness (QED) is 0.532. The van der Waals surface area contributed by atoms with Crippen LogP contribution in [0.15, 0.2) is 12.4 Å². The third kappa shape index (κ3) is 2.12. The molecule has 20 heavy (non-hydrogen) atoms. The first-order chi connectivity index (χ1) is 9.58. The Bertz CT molecular complexity index is 812. The fourth-order valence-corrected chi connectivity index (χ4v) is 2.81. The van der Waals surface area contributed by atoms with Crippen LogP contribution in [-0.4, -0.2) is 37.8 Å². The van der Waals surface area contributed by atoms with Gasteiger partial charge in [0.2, 0.25) is 5.28 Å². The number of methoxy groups -OCH3 is 1. The van der Waals surface area contributed by atoms with Crippen LogP contribution in [-0.2, 0) is 4.74 Å². The maximum Gasteiger partial charge on any atom is 0.377 e. The Kier molecular flexibility index (Phi) is 3.11. The Morgan fingerprint density at radius 2 is 2.25 bits per heavy atom. The fourth-order valence-electron chi connectivity index (χ4n) is 1.73. The first kappa shape index (κ1) is 12.9. The molecule has 0 amide bonds. The van der Waals surface area contributed by atoms with Crippen molar-refractivity contribution in [2.45, 2.75) is 6.92 Å². The molecule has 3 heterocycles. The van der Waals surface area contributed by atoms with Crippen LogP contribution in [0, 0.1) is 6.92 Å². The average Bonchev–Trinajstić information content (AvgIpc) is 3.02. The number of carbonyl (C=O) groups is 1. The molecule has 102 valence electrons. The molecule has 0 saturated heterocycles. The summed E-state index contributed by atoms with van der Waals surface area (Å²) >= 11 is 7.41. The van der Waals surface area contributed by atoms with Gasteiger partial charge in [0.15, 0.2) is 5.82 Å². The van der Waals surface area contributed by atoms with Crippen molar-refractivity contribution in [2.75, 3.05) is 7.11 Å². The third-order valence-electron chi connectivity index (χ3n) is 2.55. The molecule has 9 heteroatoms. The summed E-state index contributed by atoms with van der Waals surface area (Å²) < 4.78 is 5.95. The summed E-state index contributed by atoms with van der Waals surface area (Å²) in [6.07, 6.45) is 1.39. The van der Waals surface area contributed by atoms with Gasteiger partial charge in [0.05, 0.1) is 12.5 Å². The first-order valence-electron chi connectivity index (χ1n) is 5.52. The van der Waals surface area contributed by atoms with Crippen LogP contribution in [0.3, 0.4) is 0 Å². The number of esters is 1. The Morgan fingerprint density at radius 3 is 3.00 bits per heavy atom. The molecular weight excluding hydrogens is 302 g/mol. The summed E-state index contributed by atoms with van der Waals surface area (Å²) in [5, 5.41) is 4.96. The predicted molar refractivity (Wildman–Crippen MR) is 73.4 cm³/mol. The van der Waals surface area contributed by atoms with Gasteiger partial charge in [0.25, 0.3) is 5.82 Å². The summed E-state index contributed by atoms with van der Waals surface area (Å²) in [7, 11) is 1.27. The molecule has 3 aromatic heterocycles. The number of halogens is 1. The number of aromatic nitrogens is 5. The van der Waals surface area contributed by atoms with Gasteiger partial charge >= 0.3 is 5.97 Å². The summed E-state index contributed by atoms with van der Waals surface area (Å²) in [4.78, 5) is 25.4. The van der Waals surface area contributed by atoms with Crippen LogP contribution in [0.5, 0.6) is 0 Å². The molecule has 0 spiro atoms. The van der Waals surface area contributed by atoms with Crippen LogP contribution >= 0.6 is 22.9 Å². The molecule has 0 atom stereocenters. The van der Waals surface area contributed by atoms with E-state index in [0.29, 0.717) is 5.82 Å². The molecule has 0 bridgehead atoms. The predicted octanol–water partition coefficient (Wildman–Crippen LogP) is 2.02. The van der Waals surface area contributed by atoms with Gasteiger partial charge in [0, 0.05) is 4.88 Å². The summed E-state index contributed by atoms with van der Waals surface area (Å²) in [6.45, 7) is 1.96. The number of hydrogen-bond donors (Lipinski definition) is 0. The van der Waals surface area contributed by atoms with Crippen LogP contribution in [0.2, 0.25) is 5.28 Å². The Labute approximate surface area is 122 Å². The second-order valence-corrected chi connectivity index (χ2v) is 5.47. The number of hydrogen-bond acceptors (Lipinski definition) is 7. The molecule has 3 rings (SSSR count). The molecule has 0 fully saturated rings. The highest BCUT2D eigenvalue weighted by Crippen LogP contribution is 2.28. The normalized spacial score (nSPS) is 10.9. The second-order valence-electron chi connectivity index (χ2n) is 3.90. The van der Waals surface area contributed by atoms with Crippen molar-refractivity contribution in [3.05, 3.63) is 28.4 Å². The Hall–Kier alpha value is -2.06. The van der Waals surface area contributed by atoms with E-state index in [4.69, 9.17) is 11.6 Å². The molecule has 0 aliphatic carbocycles. The van der Waals surface area contributed by atoms with E-state index in [2.05, 4.69) is 24.8 Å². The van der Waals surface area contributed by atoms with Gasteiger partial charge in [-0.05, 0) is 24.6 Å². The zero-order valence-electron chi connectivity index (χ0n) is 10.5. The lowest BCUT2D eigenvalue weighted by Gasteiger charge is -2.01.